The van der Waals surface area contributed by atoms with Gasteiger partial charge in [-0.3, -0.25) is 0 Å². The molecule has 0 saturated heterocycles. The maximum atomic E-state index is 5.78. The molecule has 0 aliphatic heterocycles. The van der Waals surface area contributed by atoms with Crippen molar-refractivity contribution in [1.82, 2.24) is 9.66 Å². The van der Waals surface area contributed by atoms with Gasteiger partial charge in [0, 0.05) is 11.6 Å². The molecule has 0 atom stereocenters. The first-order valence-electron chi connectivity index (χ1n) is 3.58. The number of thioether (sulfide) groups is 1. The lowest BCUT2D eigenvalue weighted by molar-refractivity contribution is 0.923. The Balaban J connectivity index is 2.78. The molecule has 2 rings (SSSR count). The van der Waals surface area contributed by atoms with Crippen LogP contribution < -0.4 is 5.84 Å². The van der Waals surface area contributed by atoms with Crippen molar-refractivity contribution in [3.8, 4) is 0 Å². The van der Waals surface area contributed by atoms with Crippen LogP contribution in [0, 0.1) is 0 Å². The Bertz CT molecular complexity index is 408. The third-order valence-corrected chi connectivity index (χ3v) is 2.50. The maximum absolute atomic E-state index is 5.78. The minimum Gasteiger partial charge on any atom is -0.337 e. The molecule has 0 radical (unpaired) electrons. The second-order valence-corrected chi connectivity index (χ2v) is 3.30. The summed E-state index contributed by atoms with van der Waals surface area (Å²) in [7, 11) is 0. The van der Waals surface area contributed by atoms with Crippen molar-refractivity contribution in [1.29, 1.82) is 0 Å². The van der Waals surface area contributed by atoms with E-state index in [2.05, 4.69) is 4.98 Å². The van der Waals surface area contributed by atoms with E-state index < -0.39 is 0 Å². The number of pyridine rings is 1. The highest BCUT2D eigenvalue weighted by molar-refractivity contribution is 7.98. The van der Waals surface area contributed by atoms with Crippen molar-refractivity contribution < 1.29 is 0 Å². The highest BCUT2D eigenvalue weighted by Crippen LogP contribution is 2.21. The molecule has 2 aromatic rings. The van der Waals surface area contributed by atoms with E-state index in [0.717, 1.165) is 16.1 Å². The van der Waals surface area contributed by atoms with E-state index >= 15 is 0 Å². The average Bonchev–Trinajstić information content (AvgIpc) is 2.44. The fourth-order valence-electron chi connectivity index (χ4n) is 1.19. The van der Waals surface area contributed by atoms with Crippen LogP contribution in [0.2, 0.25) is 0 Å². The molecule has 62 valence electrons. The molecular formula is C8H9N3S. The number of nitrogens with two attached hydrogens (primary N) is 1. The second-order valence-electron chi connectivity index (χ2n) is 2.47. The van der Waals surface area contributed by atoms with Gasteiger partial charge in [-0.05, 0) is 24.5 Å². The van der Waals surface area contributed by atoms with Crippen molar-refractivity contribution in [3.05, 3.63) is 24.4 Å². The summed E-state index contributed by atoms with van der Waals surface area (Å²) in [5.41, 5.74) is 0.835. The van der Waals surface area contributed by atoms with Gasteiger partial charge in [-0.1, -0.05) is 0 Å². The van der Waals surface area contributed by atoms with Crippen LogP contribution in [-0.2, 0) is 0 Å². The molecule has 2 N–H and O–H groups in total. The highest BCUT2D eigenvalue weighted by Gasteiger charge is 2.04. The third-order valence-electron chi connectivity index (χ3n) is 1.77. The topological polar surface area (TPSA) is 43.8 Å². The molecule has 0 unspecified atom stereocenters. The minimum absolute atomic E-state index is 0.835. The van der Waals surface area contributed by atoms with Crippen LogP contribution in [0.15, 0.2) is 29.4 Å². The number of aromatic nitrogens is 2. The van der Waals surface area contributed by atoms with Gasteiger partial charge in [0.25, 0.3) is 0 Å². The quantitative estimate of drug-likeness (QED) is 0.532. The normalized spacial score (nSPS) is 10.8. The Labute approximate surface area is 74.5 Å². The molecule has 0 aliphatic carbocycles. The van der Waals surface area contributed by atoms with Gasteiger partial charge in [0.15, 0.2) is 5.65 Å². The predicted molar refractivity (Wildman–Crippen MR) is 51.7 cm³/mol. The van der Waals surface area contributed by atoms with Gasteiger partial charge in [0.2, 0.25) is 0 Å². The number of hydrogen-bond acceptors (Lipinski definition) is 3. The zero-order chi connectivity index (χ0) is 8.55. The van der Waals surface area contributed by atoms with E-state index in [1.54, 1.807) is 22.6 Å². The smallest absolute Gasteiger partial charge is 0.159 e. The zero-order valence-corrected chi connectivity index (χ0v) is 7.51. The van der Waals surface area contributed by atoms with Crippen molar-refractivity contribution in [2.45, 2.75) is 5.03 Å². The van der Waals surface area contributed by atoms with E-state index in [1.165, 1.54) is 0 Å². The van der Waals surface area contributed by atoms with Crippen molar-refractivity contribution >= 4 is 22.8 Å². The van der Waals surface area contributed by atoms with Gasteiger partial charge in [-0.25, -0.2) is 9.66 Å². The Hall–Kier alpha value is -1.16. The monoisotopic (exact) mass is 179 g/mol. The molecule has 0 aliphatic rings. The summed E-state index contributed by atoms with van der Waals surface area (Å²) >= 11 is 1.62. The number of hydrogen-bond donors (Lipinski definition) is 1. The number of fused-ring (bicyclic) bond motifs is 1. The summed E-state index contributed by atoms with van der Waals surface area (Å²) < 4.78 is 1.61. The molecule has 0 fully saturated rings. The Kier molecular flexibility index (Phi) is 1.69. The molecule has 0 saturated carbocycles. The first-order chi connectivity index (χ1) is 5.83. The molecule has 0 amide bonds. The van der Waals surface area contributed by atoms with Gasteiger partial charge in [0.1, 0.15) is 0 Å². The molecule has 3 nitrogen and oxygen atoms in total. The summed E-state index contributed by atoms with van der Waals surface area (Å²) in [5.74, 6) is 5.78. The van der Waals surface area contributed by atoms with Crippen molar-refractivity contribution in [2.24, 2.45) is 0 Å². The van der Waals surface area contributed by atoms with E-state index in [4.69, 9.17) is 5.84 Å². The fraction of sp³-hybridized carbons (Fsp3) is 0.125. The number of rotatable bonds is 1. The summed E-state index contributed by atoms with van der Waals surface area (Å²) in [6.07, 6.45) is 3.74. The molecule has 2 heterocycles. The lowest BCUT2D eigenvalue weighted by Crippen LogP contribution is -2.09. The van der Waals surface area contributed by atoms with Crippen molar-refractivity contribution in [3.63, 3.8) is 0 Å². The number of nitrogen functional groups attached to an aromatic ring is 1. The standard InChI is InChI=1S/C8H9N3S/c1-12-7-5-6-3-2-4-10-8(6)11(7)9/h2-5H,9H2,1H3. The van der Waals surface area contributed by atoms with Gasteiger partial charge < -0.3 is 5.84 Å². The van der Waals surface area contributed by atoms with Crippen LogP contribution in [0.4, 0.5) is 0 Å². The Morgan fingerprint density at radius 3 is 3.08 bits per heavy atom. The summed E-state index contributed by atoms with van der Waals surface area (Å²) in [4.78, 5) is 4.17. The molecule has 4 heteroatoms. The van der Waals surface area contributed by atoms with Gasteiger partial charge >= 0.3 is 0 Å². The second kappa shape index (κ2) is 2.71. The third kappa shape index (κ3) is 0.956. The lowest BCUT2D eigenvalue weighted by atomic mass is 10.3. The van der Waals surface area contributed by atoms with E-state index in [1.807, 2.05) is 24.5 Å². The largest absolute Gasteiger partial charge is 0.337 e. The summed E-state index contributed by atoms with van der Waals surface area (Å²) in [5, 5.41) is 2.12. The van der Waals surface area contributed by atoms with Crippen LogP contribution in [0.3, 0.4) is 0 Å². The molecule has 0 bridgehead atoms. The SMILES string of the molecule is CSc1cc2cccnc2n1N. The van der Waals surface area contributed by atoms with Crippen LogP contribution in [0.25, 0.3) is 11.0 Å². The molecule has 0 aromatic carbocycles. The van der Waals surface area contributed by atoms with Crippen LogP contribution >= 0.6 is 11.8 Å². The lowest BCUT2D eigenvalue weighted by Gasteiger charge is -1.97. The molecular weight excluding hydrogens is 170 g/mol. The summed E-state index contributed by atoms with van der Waals surface area (Å²) in [6, 6.07) is 5.95. The fourth-order valence-corrected chi connectivity index (χ4v) is 1.72. The van der Waals surface area contributed by atoms with Gasteiger partial charge in [-0.15, -0.1) is 11.8 Å². The summed E-state index contributed by atoms with van der Waals surface area (Å²) in [6.45, 7) is 0. The van der Waals surface area contributed by atoms with Gasteiger partial charge in [-0.2, -0.15) is 0 Å². The maximum Gasteiger partial charge on any atom is 0.159 e. The van der Waals surface area contributed by atoms with E-state index in [9.17, 15) is 0 Å². The Morgan fingerprint density at radius 2 is 2.42 bits per heavy atom. The van der Waals surface area contributed by atoms with E-state index in [-0.39, 0.29) is 0 Å². The Morgan fingerprint density at radius 1 is 1.58 bits per heavy atom. The van der Waals surface area contributed by atoms with Crippen LogP contribution in [-0.4, -0.2) is 15.9 Å². The zero-order valence-electron chi connectivity index (χ0n) is 6.69. The molecule has 12 heavy (non-hydrogen) atoms. The molecule has 2 aromatic heterocycles. The average molecular weight is 179 g/mol. The van der Waals surface area contributed by atoms with Gasteiger partial charge in [0.05, 0.1) is 5.03 Å². The van der Waals surface area contributed by atoms with Crippen LogP contribution in [0.1, 0.15) is 0 Å². The predicted octanol–water partition coefficient (Wildman–Crippen LogP) is 1.47. The number of nitrogens with zero attached hydrogens (tertiary/aromatic N) is 2. The molecule has 0 spiro atoms. The van der Waals surface area contributed by atoms with Crippen LogP contribution in [0.5, 0.6) is 0 Å². The first kappa shape index (κ1) is 7.49. The first-order valence-corrected chi connectivity index (χ1v) is 4.81. The highest BCUT2D eigenvalue weighted by atomic mass is 32.2. The van der Waals surface area contributed by atoms with E-state index in [0.29, 0.717) is 0 Å². The minimum atomic E-state index is 0.835. The van der Waals surface area contributed by atoms with Crippen molar-refractivity contribution in [2.75, 3.05) is 12.1 Å².